The van der Waals surface area contributed by atoms with E-state index < -0.39 is 0 Å². The van der Waals surface area contributed by atoms with Gasteiger partial charge < -0.3 is 15.2 Å². The molecule has 0 aliphatic rings. The smallest absolute Gasteiger partial charge is 0.0718 e. The molecular formula is C12H18BrNO2. The van der Waals surface area contributed by atoms with E-state index in [-0.39, 0.29) is 0 Å². The van der Waals surface area contributed by atoms with E-state index in [0.29, 0.717) is 19.8 Å². The lowest BCUT2D eigenvalue weighted by Crippen LogP contribution is -2.05. The molecule has 3 nitrogen and oxygen atoms in total. The van der Waals surface area contributed by atoms with Gasteiger partial charge in [0.25, 0.3) is 0 Å². The minimum Gasteiger partial charge on any atom is -0.398 e. The Morgan fingerprint density at radius 2 is 1.94 bits per heavy atom. The van der Waals surface area contributed by atoms with Crippen molar-refractivity contribution in [2.24, 2.45) is 0 Å². The highest BCUT2D eigenvalue weighted by Crippen LogP contribution is 2.20. The summed E-state index contributed by atoms with van der Waals surface area (Å²) in [5, 5.41) is 0. The van der Waals surface area contributed by atoms with Crippen LogP contribution < -0.4 is 5.73 Å². The lowest BCUT2D eigenvalue weighted by Gasteiger charge is -2.06. The fourth-order valence-corrected chi connectivity index (χ4v) is 1.48. The van der Waals surface area contributed by atoms with Crippen molar-refractivity contribution in [1.82, 2.24) is 0 Å². The molecule has 0 atom stereocenters. The second-order valence-corrected chi connectivity index (χ2v) is 4.38. The number of nitrogen functional groups attached to an aromatic ring is 1. The highest BCUT2D eigenvalue weighted by atomic mass is 79.9. The topological polar surface area (TPSA) is 44.5 Å². The molecule has 0 saturated heterocycles. The van der Waals surface area contributed by atoms with Gasteiger partial charge in [-0.25, -0.2) is 0 Å². The summed E-state index contributed by atoms with van der Waals surface area (Å²) in [6.45, 7) is 4.74. The first kappa shape index (κ1) is 13.5. The van der Waals surface area contributed by atoms with Crippen LogP contribution in [-0.2, 0) is 16.1 Å². The van der Waals surface area contributed by atoms with Crippen LogP contribution in [0.4, 0.5) is 5.69 Å². The van der Waals surface area contributed by atoms with Crippen molar-refractivity contribution in [3.8, 4) is 0 Å². The van der Waals surface area contributed by atoms with Gasteiger partial charge in [0.2, 0.25) is 0 Å². The second-order valence-electron chi connectivity index (χ2n) is 3.52. The Hall–Kier alpha value is -0.580. The van der Waals surface area contributed by atoms with E-state index >= 15 is 0 Å². The molecule has 0 unspecified atom stereocenters. The second kappa shape index (κ2) is 7.65. The van der Waals surface area contributed by atoms with Crippen LogP contribution in [0.5, 0.6) is 0 Å². The number of rotatable bonds is 7. The number of halogens is 1. The molecule has 1 aromatic carbocycles. The maximum Gasteiger partial charge on any atom is 0.0718 e. The average Bonchev–Trinajstić information content (AvgIpc) is 2.28. The molecule has 1 aromatic rings. The highest BCUT2D eigenvalue weighted by molar-refractivity contribution is 9.10. The Kier molecular flexibility index (Phi) is 6.45. The van der Waals surface area contributed by atoms with Crippen molar-refractivity contribution in [1.29, 1.82) is 0 Å². The average molecular weight is 288 g/mol. The van der Waals surface area contributed by atoms with Crippen molar-refractivity contribution in [2.45, 2.75) is 20.0 Å². The molecule has 2 N–H and O–H groups in total. The number of hydrogen-bond acceptors (Lipinski definition) is 3. The van der Waals surface area contributed by atoms with Gasteiger partial charge in [-0.15, -0.1) is 0 Å². The van der Waals surface area contributed by atoms with Gasteiger partial charge in [0.05, 0.1) is 19.8 Å². The first-order valence-corrected chi connectivity index (χ1v) is 6.22. The standard InChI is InChI=1S/C12H18BrNO2/c1-2-5-15-6-7-16-9-10-3-4-11(13)12(14)8-10/h3-4,8H,2,5-7,9,14H2,1H3. The van der Waals surface area contributed by atoms with Crippen LogP contribution in [0.2, 0.25) is 0 Å². The Bertz CT molecular complexity index is 318. The lowest BCUT2D eigenvalue weighted by atomic mass is 10.2. The van der Waals surface area contributed by atoms with E-state index in [1.165, 1.54) is 0 Å². The van der Waals surface area contributed by atoms with Crippen molar-refractivity contribution in [2.75, 3.05) is 25.6 Å². The molecule has 0 spiro atoms. The third-order valence-corrected chi connectivity index (χ3v) is 2.77. The maximum absolute atomic E-state index is 5.76. The van der Waals surface area contributed by atoms with Gasteiger partial charge in [-0.05, 0) is 40.0 Å². The third kappa shape index (κ3) is 4.96. The lowest BCUT2D eigenvalue weighted by molar-refractivity contribution is 0.0408. The molecule has 0 heterocycles. The van der Waals surface area contributed by atoms with Crippen molar-refractivity contribution >= 4 is 21.6 Å². The quantitative estimate of drug-likeness (QED) is 0.619. The van der Waals surface area contributed by atoms with Crippen LogP contribution in [0.3, 0.4) is 0 Å². The minimum atomic E-state index is 0.576. The first-order chi connectivity index (χ1) is 7.74. The fourth-order valence-electron chi connectivity index (χ4n) is 1.24. The monoisotopic (exact) mass is 287 g/mol. The molecule has 0 aliphatic carbocycles. The van der Waals surface area contributed by atoms with E-state index in [0.717, 1.165) is 28.8 Å². The fraction of sp³-hybridized carbons (Fsp3) is 0.500. The normalized spacial score (nSPS) is 10.6. The SMILES string of the molecule is CCCOCCOCc1ccc(Br)c(N)c1. The van der Waals surface area contributed by atoms with Gasteiger partial charge in [0, 0.05) is 16.8 Å². The zero-order chi connectivity index (χ0) is 11.8. The van der Waals surface area contributed by atoms with Gasteiger partial charge in [-0.3, -0.25) is 0 Å². The number of hydrogen-bond donors (Lipinski definition) is 1. The summed E-state index contributed by atoms with van der Waals surface area (Å²) in [6, 6.07) is 5.84. The van der Waals surface area contributed by atoms with Gasteiger partial charge in [-0.2, -0.15) is 0 Å². The van der Waals surface area contributed by atoms with E-state index in [1.54, 1.807) is 0 Å². The summed E-state index contributed by atoms with van der Waals surface area (Å²) in [6.07, 6.45) is 1.04. The van der Waals surface area contributed by atoms with Crippen molar-refractivity contribution in [3.05, 3.63) is 28.2 Å². The molecule has 1 rings (SSSR count). The minimum absolute atomic E-state index is 0.576. The van der Waals surface area contributed by atoms with Crippen molar-refractivity contribution in [3.63, 3.8) is 0 Å². The summed E-state index contributed by atoms with van der Waals surface area (Å²) in [5.41, 5.74) is 7.58. The molecule has 16 heavy (non-hydrogen) atoms. The predicted octanol–water partition coefficient (Wildman–Crippen LogP) is 2.97. The molecular weight excluding hydrogens is 270 g/mol. The number of nitrogens with two attached hydrogens (primary N) is 1. The Balaban J connectivity index is 2.19. The van der Waals surface area contributed by atoms with Crippen LogP contribution in [0.25, 0.3) is 0 Å². The summed E-state index contributed by atoms with van der Waals surface area (Å²) < 4.78 is 11.7. The van der Waals surface area contributed by atoms with Gasteiger partial charge in [-0.1, -0.05) is 13.0 Å². The van der Waals surface area contributed by atoms with Gasteiger partial charge in [0.15, 0.2) is 0 Å². The summed E-state index contributed by atoms with van der Waals surface area (Å²) in [4.78, 5) is 0. The Labute approximate surface area is 105 Å². The third-order valence-electron chi connectivity index (χ3n) is 2.05. The summed E-state index contributed by atoms with van der Waals surface area (Å²) in [7, 11) is 0. The zero-order valence-corrected chi connectivity index (χ0v) is 11.1. The number of benzene rings is 1. The zero-order valence-electron chi connectivity index (χ0n) is 9.54. The van der Waals surface area contributed by atoms with E-state index in [4.69, 9.17) is 15.2 Å². The summed E-state index contributed by atoms with van der Waals surface area (Å²) >= 11 is 3.35. The molecule has 0 aromatic heterocycles. The van der Waals surface area contributed by atoms with E-state index in [1.807, 2.05) is 18.2 Å². The van der Waals surface area contributed by atoms with Crippen LogP contribution in [0, 0.1) is 0 Å². The van der Waals surface area contributed by atoms with Crippen LogP contribution in [-0.4, -0.2) is 19.8 Å². The molecule has 0 fully saturated rings. The van der Waals surface area contributed by atoms with Crippen molar-refractivity contribution < 1.29 is 9.47 Å². The van der Waals surface area contributed by atoms with Crippen LogP contribution in [0.15, 0.2) is 22.7 Å². The van der Waals surface area contributed by atoms with E-state index in [9.17, 15) is 0 Å². The van der Waals surface area contributed by atoms with Gasteiger partial charge in [0.1, 0.15) is 0 Å². The summed E-state index contributed by atoms with van der Waals surface area (Å²) in [5.74, 6) is 0. The molecule has 0 aliphatic heterocycles. The van der Waals surface area contributed by atoms with Gasteiger partial charge >= 0.3 is 0 Å². The first-order valence-electron chi connectivity index (χ1n) is 5.43. The highest BCUT2D eigenvalue weighted by Gasteiger charge is 1.98. The Morgan fingerprint density at radius 1 is 1.19 bits per heavy atom. The largest absolute Gasteiger partial charge is 0.398 e. The Morgan fingerprint density at radius 3 is 2.62 bits per heavy atom. The molecule has 0 saturated carbocycles. The number of ether oxygens (including phenoxy) is 2. The molecule has 0 amide bonds. The maximum atomic E-state index is 5.76. The van der Waals surface area contributed by atoms with Crippen LogP contribution in [0.1, 0.15) is 18.9 Å². The predicted molar refractivity (Wildman–Crippen MR) is 69.3 cm³/mol. The molecule has 4 heteroatoms. The number of anilines is 1. The molecule has 0 radical (unpaired) electrons. The van der Waals surface area contributed by atoms with Crippen LogP contribution >= 0.6 is 15.9 Å². The molecule has 0 bridgehead atoms. The van der Waals surface area contributed by atoms with E-state index in [2.05, 4.69) is 22.9 Å². The molecule has 90 valence electrons.